The smallest absolute Gasteiger partial charge is 0.246 e. The number of unbranched alkanes of at least 4 members (excludes halogenated alkanes) is 1. The van der Waals surface area contributed by atoms with Crippen LogP contribution in [0, 0.1) is 5.41 Å². The Labute approximate surface area is 321 Å². The van der Waals surface area contributed by atoms with Crippen LogP contribution in [0.4, 0.5) is 0 Å². The maximum atomic E-state index is 14.1. The number of nitrogens with one attached hydrogen (secondary N) is 6. The van der Waals surface area contributed by atoms with E-state index in [0.717, 1.165) is 24.8 Å². The fraction of sp³-hybridized carbons (Fsp3) is 0.700. The highest BCUT2D eigenvalue weighted by Gasteiger charge is 2.42. The zero-order valence-corrected chi connectivity index (χ0v) is 33.4. The van der Waals surface area contributed by atoms with Gasteiger partial charge in [0, 0.05) is 19.6 Å². The number of benzene rings is 1. The number of rotatable bonds is 16. The summed E-state index contributed by atoms with van der Waals surface area (Å²) in [5.41, 5.74) is 1.81. The lowest BCUT2D eigenvalue weighted by molar-refractivity contribution is -0.144. The van der Waals surface area contributed by atoms with Crippen molar-refractivity contribution in [3.63, 3.8) is 0 Å². The van der Waals surface area contributed by atoms with Crippen molar-refractivity contribution in [3.05, 3.63) is 35.4 Å². The first-order chi connectivity index (χ1) is 25.7. The fourth-order valence-electron chi connectivity index (χ4n) is 7.68. The number of aryl methyl sites for hydroxylation is 1. The molecule has 0 spiro atoms. The third-order valence-corrected chi connectivity index (χ3v) is 11.2. The summed E-state index contributed by atoms with van der Waals surface area (Å²) in [6, 6.07) is 4.22. The van der Waals surface area contributed by atoms with Gasteiger partial charge in [-0.05, 0) is 109 Å². The van der Waals surface area contributed by atoms with E-state index < -0.39 is 41.7 Å². The molecule has 0 unspecified atom stereocenters. The van der Waals surface area contributed by atoms with Gasteiger partial charge in [0.25, 0.3) is 0 Å². The molecule has 1 aromatic rings. The Morgan fingerprint density at radius 1 is 0.759 bits per heavy atom. The standard InChI is InChI=1S/C40H64N8O6/c1-25(41-6)34(49)45-30(38(53)47-23-14-21-32(47)37(52)44-29-19-12-16-27-15-8-9-17-28(27)29)18-10-11-22-43-36(51)31-20-13-24-48(31)39(54)33(40(3,4)5)46-35(50)26(2)42-7/h8-9,15,17,25-26,29-33,41-42H,10-14,16,18-24H2,1-7H3,(H,43,51)(H,44,52)(H,45,49)(H,46,50)/t25-,26-,29+,30-,31-,32-,33+/m0/s1. The van der Waals surface area contributed by atoms with E-state index >= 15 is 0 Å². The summed E-state index contributed by atoms with van der Waals surface area (Å²) in [7, 11) is 3.36. The number of fused-ring (bicyclic) bond motifs is 1. The molecule has 4 rings (SSSR count). The van der Waals surface area contributed by atoms with E-state index in [1.807, 2.05) is 32.9 Å². The van der Waals surface area contributed by atoms with Gasteiger partial charge in [-0.25, -0.2) is 0 Å². The van der Waals surface area contributed by atoms with E-state index in [-0.39, 0.29) is 41.5 Å². The van der Waals surface area contributed by atoms with Crippen LogP contribution in [0.3, 0.4) is 0 Å². The van der Waals surface area contributed by atoms with Crippen molar-refractivity contribution < 1.29 is 28.8 Å². The number of amides is 6. The molecule has 0 radical (unpaired) electrons. The zero-order chi connectivity index (χ0) is 39.6. The summed E-state index contributed by atoms with van der Waals surface area (Å²) >= 11 is 0. The number of likely N-dealkylation sites (tertiary alicyclic amines) is 2. The summed E-state index contributed by atoms with van der Waals surface area (Å²) < 4.78 is 0. The van der Waals surface area contributed by atoms with Crippen LogP contribution in [0.2, 0.25) is 0 Å². The highest BCUT2D eigenvalue weighted by atomic mass is 16.2. The van der Waals surface area contributed by atoms with E-state index in [1.165, 1.54) is 5.56 Å². The molecule has 6 amide bonds. The van der Waals surface area contributed by atoms with Gasteiger partial charge in [0.15, 0.2) is 0 Å². The van der Waals surface area contributed by atoms with Crippen molar-refractivity contribution in [1.29, 1.82) is 0 Å². The highest BCUT2D eigenvalue weighted by molar-refractivity contribution is 5.94. The SMILES string of the molecule is CN[C@@H](C)C(=O)N[C@@H](CCCCNC(=O)[C@@H]1CCCN1C(=O)[C@@H](NC(=O)[C@H](C)NC)C(C)(C)C)C(=O)N1CCC[C@H]1C(=O)N[C@@H]1CCCc2ccccc21. The summed E-state index contributed by atoms with van der Waals surface area (Å²) in [6.45, 7) is 10.3. The van der Waals surface area contributed by atoms with Gasteiger partial charge < -0.3 is 41.7 Å². The third-order valence-electron chi connectivity index (χ3n) is 11.2. The predicted octanol–water partition coefficient (Wildman–Crippen LogP) is 1.68. The Morgan fingerprint density at radius 3 is 1.98 bits per heavy atom. The van der Waals surface area contributed by atoms with Crippen LogP contribution in [0.1, 0.15) is 110 Å². The topological polar surface area (TPSA) is 181 Å². The van der Waals surface area contributed by atoms with Crippen LogP contribution in [-0.2, 0) is 35.2 Å². The zero-order valence-electron chi connectivity index (χ0n) is 33.4. The van der Waals surface area contributed by atoms with Crippen molar-refractivity contribution >= 4 is 35.4 Å². The molecule has 14 heteroatoms. The van der Waals surface area contributed by atoms with Gasteiger partial charge in [-0.3, -0.25) is 28.8 Å². The molecule has 300 valence electrons. The Kier molecular flexibility index (Phi) is 15.4. The predicted molar refractivity (Wildman–Crippen MR) is 207 cm³/mol. The van der Waals surface area contributed by atoms with E-state index in [1.54, 1.807) is 37.7 Å². The van der Waals surface area contributed by atoms with Crippen LogP contribution in [0.25, 0.3) is 0 Å². The Morgan fingerprint density at radius 2 is 1.35 bits per heavy atom. The summed E-state index contributed by atoms with van der Waals surface area (Å²) in [5, 5.41) is 17.8. The summed E-state index contributed by atoms with van der Waals surface area (Å²) in [6.07, 6.45) is 6.70. The second-order valence-electron chi connectivity index (χ2n) is 16.2. The van der Waals surface area contributed by atoms with Crippen molar-refractivity contribution in [1.82, 2.24) is 41.7 Å². The molecule has 2 fully saturated rings. The Balaban J connectivity index is 1.34. The van der Waals surface area contributed by atoms with E-state index in [0.29, 0.717) is 64.6 Å². The molecular formula is C40H64N8O6. The van der Waals surface area contributed by atoms with Gasteiger partial charge in [0.05, 0.1) is 18.1 Å². The van der Waals surface area contributed by atoms with Crippen molar-refractivity contribution in [2.75, 3.05) is 33.7 Å². The molecule has 0 saturated carbocycles. The number of hydrogen-bond acceptors (Lipinski definition) is 8. The maximum absolute atomic E-state index is 14.1. The van der Waals surface area contributed by atoms with E-state index in [2.05, 4.69) is 44.0 Å². The second-order valence-corrected chi connectivity index (χ2v) is 16.2. The molecule has 54 heavy (non-hydrogen) atoms. The quantitative estimate of drug-likeness (QED) is 0.138. The number of carbonyl (C=O) groups is 6. The monoisotopic (exact) mass is 752 g/mol. The molecule has 14 nitrogen and oxygen atoms in total. The van der Waals surface area contributed by atoms with Gasteiger partial charge in [-0.1, -0.05) is 45.0 Å². The lowest BCUT2D eigenvalue weighted by atomic mass is 9.85. The number of hydrogen-bond donors (Lipinski definition) is 6. The minimum Gasteiger partial charge on any atom is -0.354 e. The average molecular weight is 753 g/mol. The van der Waals surface area contributed by atoms with E-state index in [9.17, 15) is 28.8 Å². The Hall–Kier alpha value is -4.04. The molecular weight excluding hydrogens is 688 g/mol. The molecule has 1 aromatic carbocycles. The van der Waals surface area contributed by atoms with Crippen molar-refractivity contribution in [2.24, 2.45) is 5.41 Å². The minimum absolute atomic E-state index is 0.0930. The molecule has 6 N–H and O–H groups in total. The molecule has 0 aromatic heterocycles. The van der Waals surface area contributed by atoms with Gasteiger partial charge in [0.1, 0.15) is 24.2 Å². The Bertz CT molecular complexity index is 1500. The molecule has 7 atom stereocenters. The van der Waals surface area contributed by atoms with Crippen LogP contribution in [0.5, 0.6) is 0 Å². The third kappa shape index (κ3) is 10.8. The lowest BCUT2D eigenvalue weighted by Gasteiger charge is -2.36. The number of carbonyl (C=O) groups excluding carboxylic acids is 6. The van der Waals surface area contributed by atoms with Crippen molar-refractivity contribution in [2.45, 2.75) is 141 Å². The first kappa shape index (κ1) is 42.7. The van der Waals surface area contributed by atoms with Crippen LogP contribution in [-0.4, -0.2) is 115 Å². The van der Waals surface area contributed by atoms with Crippen molar-refractivity contribution in [3.8, 4) is 0 Å². The lowest BCUT2D eigenvalue weighted by Crippen LogP contribution is -2.59. The van der Waals surface area contributed by atoms with Gasteiger partial charge in [-0.15, -0.1) is 0 Å². The highest BCUT2D eigenvalue weighted by Crippen LogP contribution is 2.31. The molecule has 2 aliphatic heterocycles. The summed E-state index contributed by atoms with van der Waals surface area (Å²) in [4.78, 5) is 83.8. The molecule has 0 bridgehead atoms. The largest absolute Gasteiger partial charge is 0.354 e. The van der Waals surface area contributed by atoms with Crippen LogP contribution >= 0.6 is 0 Å². The van der Waals surface area contributed by atoms with Gasteiger partial charge >= 0.3 is 0 Å². The van der Waals surface area contributed by atoms with Crippen LogP contribution in [0.15, 0.2) is 24.3 Å². The summed E-state index contributed by atoms with van der Waals surface area (Å²) in [5.74, 6) is -1.56. The average Bonchev–Trinajstić information content (AvgIpc) is 3.86. The van der Waals surface area contributed by atoms with E-state index in [4.69, 9.17) is 0 Å². The van der Waals surface area contributed by atoms with Gasteiger partial charge in [-0.2, -0.15) is 0 Å². The first-order valence-corrected chi connectivity index (χ1v) is 19.9. The normalized spacial score (nSPS) is 22.0. The first-order valence-electron chi connectivity index (χ1n) is 19.9. The maximum Gasteiger partial charge on any atom is 0.246 e. The molecule has 1 aliphatic carbocycles. The molecule has 3 aliphatic rings. The van der Waals surface area contributed by atoms with Crippen LogP contribution < -0.4 is 31.9 Å². The molecule has 2 saturated heterocycles. The number of likely N-dealkylation sites (N-methyl/N-ethyl adjacent to an activating group) is 2. The minimum atomic E-state index is -0.828. The number of nitrogens with zero attached hydrogens (tertiary/aromatic N) is 2. The van der Waals surface area contributed by atoms with Gasteiger partial charge in [0.2, 0.25) is 35.4 Å². The fourth-order valence-corrected chi connectivity index (χ4v) is 7.68. The second kappa shape index (κ2) is 19.5. The molecule has 2 heterocycles.